The summed E-state index contributed by atoms with van der Waals surface area (Å²) < 4.78 is 5.04. The Morgan fingerprint density at radius 1 is 1.17 bits per heavy atom. The van der Waals surface area contributed by atoms with Crippen LogP contribution in [0.1, 0.15) is 17.4 Å². The number of rotatable bonds is 4. The summed E-state index contributed by atoms with van der Waals surface area (Å²) in [6.07, 6.45) is 0.0760. The molecule has 1 amide bonds. The number of ether oxygens (including phenoxy) is 1. The number of amides is 1. The summed E-state index contributed by atoms with van der Waals surface area (Å²) in [6, 6.07) is 6.55. The first-order valence-corrected chi connectivity index (χ1v) is 8.07. The molecule has 1 heterocycles. The molecule has 0 aliphatic heterocycles. The summed E-state index contributed by atoms with van der Waals surface area (Å²) in [5, 5.41) is 2.98. The fraction of sp³-hybridized carbons (Fsp3) is 0.133. The van der Waals surface area contributed by atoms with Gasteiger partial charge in [-0.2, -0.15) is 0 Å². The van der Waals surface area contributed by atoms with E-state index in [9.17, 15) is 9.59 Å². The van der Waals surface area contributed by atoms with Crippen LogP contribution in [0.3, 0.4) is 0 Å². The van der Waals surface area contributed by atoms with Crippen molar-refractivity contribution < 1.29 is 14.3 Å². The number of esters is 1. The quantitative estimate of drug-likeness (QED) is 0.733. The van der Waals surface area contributed by atoms with Crippen molar-refractivity contribution in [2.75, 3.05) is 5.32 Å². The lowest BCUT2D eigenvalue weighted by molar-refractivity contribution is -0.123. The summed E-state index contributed by atoms with van der Waals surface area (Å²) in [5.41, 5.74) is 0.245. The second-order valence-corrected chi connectivity index (χ2v) is 6.23. The van der Waals surface area contributed by atoms with Crippen molar-refractivity contribution in [3.63, 3.8) is 0 Å². The fourth-order valence-electron chi connectivity index (χ4n) is 1.67. The van der Waals surface area contributed by atoms with Gasteiger partial charge in [-0.1, -0.05) is 52.5 Å². The maximum atomic E-state index is 12.1. The first-order chi connectivity index (χ1) is 11.3. The maximum Gasteiger partial charge on any atom is 0.359 e. The third-order valence-corrected chi connectivity index (χ3v) is 4.33. The molecule has 0 unspecified atom stereocenters. The number of aromatic nitrogens is 1. The van der Waals surface area contributed by atoms with E-state index >= 15 is 0 Å². The summed E-state index contributed by atoms with van der Waals surface area (Å²) in [5.74, 6) is -1.44. The Balaban J connectivity index is 2.06. The van der Waals surface area contributed by atoms with Crippen LogP contribution >= 0.6 is 46.4 Å². The number of nitrogens with one attached hydrogen (secondary N) is 1. The second kappa shape index (κ2) is 8.03. The number of hydrogen-bond donors (Lipinski definition) is 1. The van der Waals surface area contributed by atoms with Gasteiger partial charge >= 0.3 is 5.97 Å². The predicted molar refractivity (Wildman–Crippen MR) is 94.2 cm³/mol. The van der Waals surface area contributed by atoms with E-state index in [1.807, 2.05) is 0 Å². The van der Waals surface area contributed by atoms with Gasteiger partial charge in [0.2, 0.25) is 0 Å². The number of carbonyl (C=O) groups is 2. The normalized spacial score (nSPS) is 11.7. The lowest BCUT2D eigenvalue weighted by Gasteiger charge is -2.14. The molecule has 0 aliphatic carbocycles. The monoisotopic (exact) mass is 406 g/mol. The van der Waals surface area contributed by atoms with E-state index in [4.69, 9.17) is 51.1 Å². The van der Waals surface area contributed by atoms with Gasteiger partial charge in [-0.05, 0) is 25.1 Å². The van der Waals surface area contributed by atoms with Gasteiger partial charge in [0.1, 0.15) is 0 Å². The largest absolute Gasteiger partial charge is 0.448 e. The lowest BCUT2D eigenvalue weighted by Crippen LogP contribution is -2.30. The minimum absolute atomic E-state index is 0.0173. The Kier molecular flexibility index (Phi) is 6.29. The average molecular weight is 408 g/mol. The molecule has 2 aromatic rings. The van der Waals surface area contributed by atoms with E-state index in [0.29, 0.717) is 10.7 Å². The number of benzene rings is 1. The van der Waals surface area contributed by atoms with Crippen LogP contribution in [0.15, 0.2) is 30.5 Å². The molecule has 0 spiro atoms. The molecule has 126 valence electrons. The van der Waals surface area contributed by atoms with E-state index in [1.165, 1.54) is 13.1 Å². The van der Waals surface area contributed by atoms with Gasteiger partial charge in [0, 0.05) is 16.9 Å². The van der Waals surface area contributed by atoms with Crippen LogP contribution < -0.4 is 5.32 Å². The molecule has 24 heavy (non-hydrogen) atoms. The zero-order chi connectivity index (χ0) is 17.9. The van der Waals surface area contributed by atoms with Crippen molar-refractivity contribution in [3.8, 4) is 0 Å². The Morgan fingerprint density at radius 2 is 1.88 bits per heavy atom. The Hall–Kier alpha value is -1.53. The van der Waals surface area contributed by atoms with E-state index in [2.05, 4.69) is 10.3 Å². The molecular formula is C15H10Cl4N2O3. The zero-order valence-electron chi connectivity index (χ0n) is 12.1. The Bertz CT molecular complexity index is 798. The minimum atomic E-state index is -1.09. The van der Waals surface area contributed by atoms with Gasteiger partial charge in [-0.15, -0.1) is 0 Å². The van der Waals surface area contributed by atoms with Crippen LogP contribution in [0.4, 0.5) is 5.69 Å². The van der Waals surface area contributed by atoms with Gasteiger partial charge in [0.25, 0.3) is 5.91 Å². The summed E-state index contributed by atoms with van der Waals surface area (Å²) in [7, 11) is 0. The highest BCUT2D eigenvalue weighted by atomic mass is 35.5. The van der Waals surface area contributed by atoms with Crippen molar-refractivity contribution in [3.05, 3.63) is 56.2 Å². The van der Waals surface area contributed by atoms with Crippen molar-refractivity contribution >= 4 is 64.0 Å². The SMILES string of the molecule is C[C@@H](OC(=O)c1ncc(Cl)c(Cl)c1Cl)C(=O)Nc1cccc(Cl)c1. The topological polar surface area (TPSA) is 68.3 Å². The van der Waals surface area contributed by atoms with Gasteiger partial charge in [0.15, 0.2) is 11.8 Å². The lowest BCUT2D eigenvalue weighted by atomic mass is 10.3. The highest BCUT2D eigenvalue weighted by Crippen LogP contribution is 2.31. The van der Waals surface area contributed by atoms with E-state index in [0.717, 1.165) is 0 Å². The van der Waals surface area contributed by atoms with E-state index in [1.54, 1.807) is 24.3 Å². The van der Waals surface area contributed by atoms with Crippen LogP contribution in [0, 0.1) is 0 Å². The molecule has 2 rings (SSSR count). The predicted octanol–water partition coefficient (Wildman–Crippen LogP) is 4.88. The van der Waals surface area contributed by atoms with Crippen molar-refractivity contribution in [2.45, 2.75) is 13.0 Å². The Morgan fingerprint density at radius 3 is 2.54 bits per heavy atom. The number of hydrogen-bond acceptors (Lipinski definition) is 4. The Labute approximate surface area is 157 Å². The van der Waals surface area contributed by atoms with Crippen LogP contribution in [-0.4, -0.2) is 23.0 Å². The first kappa shape index (κ1) is 18.8. The summed E-state index contributed by atoms with van der Waals surface area (Å²) >= 11 is 23.3. The smallest absolute Gasteiger partial charge is 0.359 e. The molecule has 9 heteroatoms. The highest BCUT2D eigenvalue weighted by Gasteiger charge is 2.23. The third-order valence-electron chi connectivity index (χ3n) is 2.86. The number of nitrogens with zero attached hydrogens (tertiary/aromatic N) is 1. The van der Waals surface area contributed by atoms with Crippen molar-refractivity contribution in [1.82, 2.24) is 4.98 Å². The molecule has 0 aliphatic rings. The molecule has 1 aromatic carbocycles. The van der Waals surface area contributed by atoms with Gasteiger partial charge in [0.05, 0.1) is 15.1 Å². The highest BCUT2D eigenvalue weighted by molar-refractivity contribution is 6.48. The molecule has 5 nitrogen and oxygen atoms in total. The maximum absolute atomic E-state index is 12.1. The van der Waals surface area contributed by atoms with Crippen LogP contribution in [0.2, 0.25) is 20.1 Å². The number of pyridine rings is 1. The van der Waals surface area contributed by atoms with Crippen molar-refractivity contribution in [2.24, 2.45) is 0 Å². The van der Waals surface area contributed by atoms with Crippen LogP contribution in [-0.2, 0) is 9.53 Å². The molecule has 0 saturated heterocycles. The number of carbonyl (C=O) groups excluding carboxylic acids is 2. The molecule has 0 radical (unpaired) electrons. The van der Waals surface area contributed by atoms with Crippen LogP contribution in [0.25, 0.3) is 0 Å². The van der Waals surface area contributed by atoms with Crippen molar-refractivity contribution in [1.29, 1.82) is 0 Å². The number of halogens is 4. The van der Waals surface area contributed by atoms with Gasteiger partial charge < -0.3 is 10.1 Å². The van der Waals surface area contributed by atoms with Crippen LogP contribution in [0.5, 0.6) is 0 Å². The molecule has 1 aromatic heterocycles. The van der Waals surface area contributed by atoms with E-state index in [-0.39, 0.29) is 20.8 Å². The molecule has 1 N–H and O–H groups in total. The standard InChI is InChI=1S/C15H10Cl4N2O3/c1-7(14(22)21-9-4-2-3-8(16)5-9)24-15(23)13-12(19)11(18)10(17)6-20-13/h2-7H,1H3,(H,21,22)/t7-/m1/s1. The molecule has 1 atom stereocenters. The molecule has 0 bridgehead atoms. The van der Waals surface area contributed by atoms with Gasteiger partial charge in [-0.25, -0.2) is 9.78 Å². The minimum Gasteiger partial charge on any atom is -0.448 e. The van der Waals surface area contributed by atoms with E-state index < -0.39 is 18.0 Å². The zero-order valence-corrected chi connectivity index (χ0v) is 15.2. The number of anilines is 1. The summed E-state index contributed by atoms with van der Waals surface area (Å²) in [4.78, 5) is 27.9. The molecular weight excluding hydrogens is 398 g/mol. The first-order valence-electron chi connectivity index (χ1n) is 6.56. The molecule has 0 saturated carbocycles. The third kappa shape index (κ3) is 4.51. The average Bonchev–Trinajstić information content (AvgIpc) is 2.52. The fourth-order valence-corrected chi connectivity index (χ4v) is 2.41. The van der Waals surface area contributed by atoms with Gasteiger partial charge in [-0.3, -0.25) is 4.79 Å². The second-order valence-electron chi connectivity index (χ2n) is 4.63. The summed E-state index contributed by atoms with van der Waals surface area (Å²) in [6.45, 7) is 1.41. The molecule has 0 fully saturated rings.